The molecule has 6 nitrogen and oxygen atoms in total. The van der Waals surface area contributed by atoms with Gasteiger partial charge in [0.05, 0.1) is 12.4 Å². The number of rotatable bonds is 6. The van der Waals surface area contributed by atoms with Crippen LogP contribution in [0, 0.1) is 0 Å². The fourth-order valence-electron chi connectivity index (χ4n) is 2.99. The summed E-state index contributed by atoms with van der Waals surface area (Å²) in [6.45, 7) is 1.98. The Balaban J connectivity index is 1.33. The highest BCUT2D eigenvalue weighted by atomic mass is 16.3. The summed E-state index contributed by atoms with van der Waals surface area (Å²) in [5.41, 5.74) is 3.65. The van der Waals surface area contributed by atoms with E-state index < -0.39 is 0 Å². The van der Waals surface area contributed by atoms with Crippen LogP contribution >= 0.6 is 0 Å². The minimum Gasteiger partial charge on any atom is -0.441 e. The predicted octanol–water partition coefficient (Wildman–Crippen LogP) is 3.82. The van der Waals surface area contributed by atoms with Crippen LogP contribution in [0.2, 0.25) is 0 Å². The Bertz CT molecular complexity index is 1000. The number of para-hydroxylation sites is 2. The van der Waals surface area contributed by atoms with E-state index in [1.54, 1.807) is 12.5 Å². The zero-order chi connectivity index (χ0) is 18.6. The second-order valence-electron chi connectivity index (χ2n) is 6.43. The van der Waals surface area contributed by atoms with Crippen molar-refractivity contribution in [3.05, 3.63) is 78.7 Å². The Morgan fingerprint density at radius 3 is 2.74 bits per heavy atom. The first-order valence-electron chi connectivity index (χ1n) is 8.91. The summed E-state index contributed by atoms with van der Waals surface area (Å²) in [6.07, 6.45) is 6.21. The van der Waals surface area contributed by atoms with E-state index in [9.17, 15) is 4.79 Å². The monoisotopic (exact) mass is 360 g/mol. The molecule has 0 spiro atoms. The van der Waals surface area contributed by atoms with Crippen LogP contribution < -0.4 is 5.32 Å². The average Bonchev–Trinajstić information content (AvgIpc) is 3.36. The molecule has 0 aliphatic rings. The van der Waals surface area contributed by atoms with Gasteiger partial charge < -0.3 is 14.3 Å². The maximum absolute atomic E-state index is 12.3. The molecule has 6 heteroatoms. The molecule has 136 valence electrons. The van der Waals surface area contributed by atoms with E-state index in [2.05, 4.69) is 15.3 Å². The third-order valence-corrected chi connectivity index (χ3v) is 4.48. The summed E-state index contributed by atoms with van der Waals surface area (Å²) in [5.74, 6) is 0.562. The Morgan fingerprint density at radius 2 is 2.00 bits per heavy atom. The first-order valence-corrected chi connectivity index (χ1v) is 8.91. The van der Waals surface area contributed by atoms with E-state index in [0.717, 1.165) is 22.4 Å². The molecule has 0 saturated carbocycles. The van der Waals surface area contributed by atoms with Crippen LogP contribution in [0.5, 0.6) is 0 Å². The van der Waals surface area contributed by atoms with Crippen LogP contribution in [-0.2, 0) is 11.2 Å². The van der Waals surface area contributed by atoms with Gasteiger partial charge in [-0.1, -0.05) is 24.3 Å². The van der Waals surface area contributed by atoms with E-state index in [1.807, 2.05) is 66.2 Å². The van der Waals surface area contributed by atoms with Crippen molar-refractivity contribution in [2.45, 2.75) is 25.8 Å². The van der Waals surface area contributed by atoms with Gasteiger partial charge in [-0.15, -0.1) is 0 Å². The third kappa shape index (κ3) is 3.89. The van der Waals surface area contributed by atoms with Crippen LogP contribution in [0.3, 0.4) is 0 Å². The molecular weight excluding hydrogens is 340 g/mol. The molecule has 2 heterocycles. The molecule has 2 aromatic heterocycles. The van der Waals surface area contributed by atoms with Gasteiger partial charge in [-0.3, -0.25) is 4.79 Å². The lowest BCUT2D eigenvalue weighted by Gasteiger charge is -2.14. The molecule has 4 aromatic rings. The number of nitrogens with zero attached hydrogens (tertiary/aromatic N) is 3. The Hall–Kier alpha value is -3.41. The summed E-state index contributed by atoms with van der Waals surface area (Å²) in [7, 11) is 0. The number of carbonyl (C=O) groups excluding carboxylic acids is 1. The molecule has 0 fully saturated rings. The Labute approximate surface area is 156 Å². The fraction of sp³-hybridized carbons (Fsp3) is 0.190. The summed E-state index contributed by atoms with van der Waals surface area (Å²) in [6, 6.07) is 15.6. The summed E-state index contributed by atoms with van der Waals surface area (Å²) in [5, 5.41) is 3.03. The lowest BCUT2D eigenvalue weighted by molar-refractivity contribution is -0.121. The fourth-order valence-corrected chi connectivity index (χ4v) is 2.99. The van der Waals surface area contributed by atoms with E-state index in [0.29, 0.717) is 18.7 Å². The number of imidazole rings is 1. The summed E-state index contributed by atoms with van der Waals surface area (Å²) < 4.78 is 7.60. The van der Waals surface area contributed by atoms with E-state index in [1.165, 1.54) is 0 Å². The van der Waals surface area contributed by atoms with Crippen molar-refractivity contribution < 1.29 is 9.21 Å². The zero-order valence-electron chi connectivity index (χ0n) is 15.0. The van der Waals surface area contributed by atoms with Crippen molar-refractivity contribution in [2.24, 2.45) is 0 Å². The number of aromatic nitrogens is 3. The number of hydrogen-bond donors (Lipinski definition) is 1. The summed E-state index contributed by atoms with van der Waals surface area (Å²) in [4.78, 5) is 20.7. The first-order chi connectivity index (χ1) is 13.2. The molecule has 0 radical (unpaired) electrons. The normalized spacial score (nSPS) is 12.2. The molecule has 0 unspecified atom stereocenters. The minimum atomic E-state index is -0.0713. The Kier molecular flexibility index (Phi) is 4.70. The van der Waals surface area contributed by atoms with Crippen molar-refractivity contribution in [3.63, 3.8) is 0 Å². The van der Waals surface area contributed by atoms with Crippen molar-refractivity contribution in [3.8, 4) is 5.69 Å². The third-order valence-electron chi connectivity index (χ3n) is 4.48. The maximum atomic E-state index is 12.3. The highest BCUT2D eigenvalue weighted by molar-refractivity contribution is 5.77. The van der Waals surface area contributed by atoms with Crippen LogP contribution in [0.1, 0.15) is 30.8 Å². The number of fused-ring (bicyclic) bond motifs is 1. The number of hydrogen-bond acceptors (Lipinski definition) is 4. The number of benzene rings is 2. The largest absolute Gasteiger partial charge is 0.441 e. The second-order valence-corrected chi connectivity index (χ2v) is 6.43. The SMILES string of the molecule is C[C@@H](NC(=O)CCc1nc2ccccc2o1)c1ccc(-n2ccnc2)cc1. The van der Waals surface area contributed by atoms with E-state index in [4.69, 9.17) is 4.42 Å². The van der Waals surface area contributed by atoms with Gasteiger partial charge >= 0.3 is 0 Å². The number of nitrogens with one attached hydrogen (secondary N) is 1. The van der Waals surface area contributed by atoms with Crippen LogP contribution in [0.15, 0.2) is 71.7 Å². The Morgan fingerprint density at radius 1 is 1.19 bits per heavy atom. The van der Waals surface area contributed by atoms with Crippen molar-refractivity contribution in [1.82, 2.24) is 19.9 Å². The average molecular weight is 360 g/mol. The molecule has 1 amide bonds. The lowest BCUT2D eigenvalue weighted by atomic mass is 10.1. The van der Waals surface area contributed by atoms with Gasteiger partial charge in [0.1, 0.15) is 5.52 Å². The molecule has 27 heavy (non-hydrogen) atoms. The molecule has 1 N–H and O–H groups in total. The smallest absolute Gasteiger partial charge is 0.220 e. The quantitative estimate of drug-likeness (QED) is 0.567. The van der Waals surface area contributed by atoms with Gasteiger partial charge in [-0.25, -0.2) is 9.97 Å². The number of oxazole rings is 1. The lowest BCUT2D eigenvalue weighted by Crippen LogP contribution is -2.26. The van der Waals surface area contributed by atoms with Crippen LogP contribution in [0.4, 0.5) is 0 Å². The molecule has 1 atom stereocenters. The van der Waals surface area contributed by atoms with Gasteiger partial charge in [0.15, 0.2) is 11.5 Å². The second kappa shape index (κ2) is 7.45. The predicted molar refractivity (Wildman–Crippen MR) is 102 cm³/mol. The molecule has 0 saturated heterocycles. The van der Waals surface area contributed by atoms with E-state index in [-0.39, 0.29) is 11.9 Å². The van der Waals surface area contributed by atoms with Gasteiger partial charge in [-0.05, 0) is 36.8 Å². The highest BCUT2D eigenvalue weighted by Gasteiger charge is 2.12. The van der Waals surface area contributed by atoms with Crippen LogP contribution in [-0.4, -0.2) is 20.4 Å². The molecular formula is C21H20N4O2. The zero-order valence-corrected chi connectivity index (χ0v) is 15.0. The highest BCUT2D eigenvalue weighted by Crippen LogP contribution is 2.17. The molecule has 0 aliphatic carbocycles. The maximum Gasteiger partial charge on any atom is 0.220 e. The van der Waals surface area contributed by atoms with E-state index >= 15 is 0 Å². The number of carbonyl (C=O) groups is 1. The van der Waals surface area contributed by atoms with Gasteiger partial charge in [0, 0.05) is 30.9 Å². The topological polar surface area (TPSA) is 73.0 Å². The number of amides is 1. The van der Waals surface area contributed by atoms with Crippen molar-refractivity contribution in [1.29, 1.82) is 0 Å². The molecule has 0 aliphatic heterocycles. The molecule has 4 rings (SSSR count). The van der Waals surface area contributed by atoms with Crippen molar-refractivity contribution >= 4 is 17.0 Å². The van der Waals surface area contributed by atoms with Crippen LogP contribution in [0.25, 0.3) is 16.8 Å². The first kappa shape index (κ1) is 17.0. The molecule has 2 aromatic carbocycles. The summed E-state index contributed by atoms with van der Waals surface area (Å²) >= 11 is 0. The minimum absolute atomic E-state index is 0.0246. The molecule has 0 bridgehead atoms. The van der Waals surface area contributed by atoms with Gasteiger partial charge in [0.2, 0.25) is 5.91 Å². The number of aryl methyl sites for hydroxylation is 1. The van der Waals surface area contributed by atoms with Gasteiger partial charge in [-0.2, -0.15) is 0 Å². The van der Waals surface area contributed by atoms with Gasteiger partial charge in [0.25, 0.3) is 0 Å². The van der Waals surface area contributed by atoms with Crippen molar-refractivity contribution in [2.75, 3.05) is 0 Å². The standard InChI is InChI=1S/C21H20N4O2/c1-15(16-6-8-17(9-7-16)25-13-12-22-14-25)23-20(26)10-11-21-24-18-4-2-3-5-19(18)27-21/h2-9,12-15H,10-11H2,1H3,(H,23,26)/t15-/m1/s1.